The monoisotopic (exact) mass is 255 g/mol. The van der Waals surface area contributed by atoms with Crippen LogP contribution in [0.1, 0.15) is 43.7 Å². The van der Waals surface area contributed by atoms with Crippen LogP contribution in [-0.4, -0.2) is 23.0 Å². The van der Waals surface area contributed by atoms with Gasteiger partial charge in [-0.15, -0.1) is 0 Å². The fraction of sp³-hybridized carbons (Fsp3) is 0.562. The Morgan fingerprint density at radius 1 is 1.21 bits per heavy atom. The molecule has 3 unspecified atom stereocenters. The van der Waals surface area contributed by atoms with Gasteiger partial charge in [-0.2, -0.15) is 5.26 Å². The zero-order valence-corrected chi connectivity index (χ0v) is 11.2. The Kier molecular flexibility index (Phi) is 3.54. The maximum absolute atomic E-state index is 9.17. The van der Waals surface area contributed by atoms with Crippen molar-refractivity contribution in [1.82, 2.24) is 4.90 Å². The van der Waals surface area contributed by atoms with Gasteiger partial charge in [0.1, 0.15) is 0 Å². The predicted molar refractivity (Wildman–Crippen MR) is 75.3 cm³/mol. The molecule has 2 fully saturated rings. The van der Waals surface area contributed by atoms with Crippen molar-refractivity contribution in [2.75, 3.05) is 0 Å². The molecule has 2 saturated heterocycles. The molecular formula is C16H21N3. The number of nitriles is 1. The van der Waals surface area contributed by atoms with Gasteiger partial charge in [-0.25, -0.2) is 0 Å². The smallest absolute Gasteiger partial charge is 0.0641 e. The highest BCUT2D eigenvalue weighted by Gasteiger charge is 2.43. The lowest BCUT2D eigenvalue weighted by Gasteiger charge is -2.42. The molecule has 0 saturated carbocycles. The number of hydrogen-bond acceptors (Lipinski definition) is 3. The molecule has 1 aromatic carbocycles. The quantitative estimate of drug-likeness (QED) is 0.903. The number of nitrogens with zero attached hydrogens (tertiary/aromatic N) is 2. The van der Waals surface area contributed by atoms with Crippen molar-refractivity contribution >= 4 is 0 Å². The largest absolute Gasteiger partial charge is 0.328 e. The normalized spacial score (nSPS) is 31.9. The first-order valence-corrected chi connectivity index (χ1v) is 7.24. The molecule has 3 atom stereocenters. The second kappa shape index (κ2) is 5.32. The van der Waals surface area contributed by atoms with Crippen LogP contribution in [0.25, 0.3) is 0 Å². The molecule has 0 amide bonds. The average Bonchev–Trinajstić information content (AvgIpc) is 2.68. The number of benzene rings is 1. The SMILES string of the molecule is N#CCC(c1ccccc1)N1C2CCC1CC(N)C2. The van der Waals surface area contributed by atoms with Gasteiger partial charge in [0, 0.05) is 24.2 Å². The third-order valence-corrected chi connectivity index (χ3v) is 4.65. The summed E-state index contributed by atoms with van der Waals surface area (Å²) in [6.07, 6.45) is 5.24. The molecule has 0 radical (unpaired) electrons. The molecule has 2 bridgehead atoms. The Labute approximate surface area is 115 Å². The van der Waals surface area contributed by atoms with Gasteiger partial charge in [0.2, 0.25) is 0 Å². The molecule has 2 aliphatic heterocycles. The van der Waals surface area contributed by atoms with E-state index in [1.165, 1.54) is 18.4 Å². The molecule has 2 aliphatic rings. The minimum Gasteiger partial charge on any atom is -0.328 e. The van der Waals surface area contributed by atoms with E-state index in [9.17, 15) is 5.26 Å². The second-order valence-electron chi connectivity index (χ2n) is 5.85. The van der Waals surface area contributed by atoms with Crippen LogP contribution >= 0.6 is 0 Å². The van der Waals surface area contributed by atoms with E-state index in [0.717, 1.165) is 12.8 Å². The lowest BCUT2D eigenvalue weighted by Crippen LogP contribution is -2.48. The van der Waals surface area contributed by atoms with Crippen molar-refractivity contribution in [3.05, 3.63) is 35.9 Å². The summed E-state index contributed by atoms with van der Waals surface area (Å²) in [6.45, 7) is 0. The van der Waals surface area contributed by atoms with E-state index in [0.29, 0.717) is 24.5 Å². The molecule has 0 aliphatic carbocycles. The van der Waals surface area contributed by atoms with Crippen molar-refractivity contribution in [3.8, 4) is 6.07 Å². The van der Waals surface area contributed by atoms with Gasteiger partial charge in [-0.1, -0.05) is 30.3 Å². The van der Waals surface area contributed by atoms with Crippen molar-refractivity contribution in [2.24, 2.45) is 5.73 Å². The molecule has 3 rings (SSSR count). The van der Waals surface area contributed by atoms with Crippen LogP contribution < -0.4 is 5.73 Å². The van der Waals surface area contributed by atoms with Crippen LogP contribution in [0.4, 0.5) is 0 Å². The van der Waals surface area contributed by atoms with E-state index in [4.69, 9.17) is 5.73 Å². The van der Waals surface area contributed by atoms with Crippen molar-refractivity contribution < 1.29 is 0 Å². The summed E-state index contributed by atoms with van der Waals surface area (Å²) in [5, 5.41) is 9.17. The first kappa shape index (κ1) is 12.7. The predicted octanol–water partition coefficient (Wildman–Crippen LogP) is 2.60. The maximum atomic E-state index is 9.17. The summed E-state index contributed by atoms with van der Waals surface area (Å²) in [4.78, 5) is 2.59. The van der Waals surface area contributed by atoms with Crippen LogP contribution in [0.2, 0.25) is 0 Å². The summed E-state index contributed by atoms with van der Waals surface area (Å²) in [5.41, 5.74) is 7.41. The van der Waals surface area contributed by atoms with E-state index in [-0.39, 0.29) is 6.04 Å². The molecule has 0 aromatic heterocycles. The number of fused-ring (bicyclic) bond motifs is 2. The van der Waals surface area contributed by atoms with E-state index >= 15 is 0 Å². The number of piperidine rings is 1. The van der Waals surface area contributed by atoms with E-state index in [1.807, 2.05) is 6.07 Å². The third kappa shape index (κ3) is 2.39. The van der Waals surface area contributed by atoms with E-state index in [1.54, 1.807) is 0 Å². The van der Waals surface area contributed by atoms with Crippen LogP contribution in [0.15, 0.2) is 30.3 Å². The van der Waals surface area contributed by atoms with Gasteiger partial charge in [0.25, 0.3) is 0 Å². The zero-order chi connectivity index (χ0) is 13.2. The maximum Gasteiger partial charge on any atom is 0.0641 e. The highest BCUT2D eigenvalue weighted by Crippen LogP contribution is 2.42. The Morgan fingerprint density at radius 3 is 2.42 bits per heavy atom. The third-order valence-electron chi connectivity index (χ3n) is 4.65. The van der Waals surface area contributed by atoms with Gasteiger partial charge in [-0.3, -0.25) is 4.90 Å². The van der Waals surface area contributed by atoms with Gasteiger partial charge in [-0.05, 0) is 31.2 Å². The van der Waals surface area contributed by atoms with Crippen LogP contribution in [0.5, 0.6) is 0 Å². The molecule has 2 N–H and O–H groups in total. The van der Waals surface area contributed by atoms with Crippen LogP contribution in [0.3, 0.4) is 0 Å². The lowest BCUT2D eigenvalue weighted by molar-refractivity contribution is 0.0787. The molecule has 100 valence electrons. The Bertz CT molecular complexity index is 451. The average molecular weight is 255 g/mol. The Hall–Kier alpha value is -1.37. The lowest BCUT2D eigenvalue weighted by atomic mass is 9.92. The molecule has 2 heterocycles. The molecule has 0 spiro atoms. The second-order valence-corrected chi connectivity index (χ2v) is 5.85. The Morgan fingerprint density at radius 2 is 1.84 bits per heavy atom. The van der Waals surface area contributed by atoms with Crippen molar-refractivity contribution in [2.45, 2.75) is 56.3 Å². The first-order chi connectivity index (χ1) is 9.29. The summed E-state index contributed by atoms with van der Waals surface area (Å²) in [5.74, 6) is 0. The topological polar surface area (TPSA) is 53.0 Å². The van der Waals surface area contributed by atoms with Gasteiger partial charge < -0.3 is 5.73 Å². The molecule has 19 heavy (non-hydrogen) atoms. The highest BCUT2D eigenvalue weighted by atomic mass is 15.3. The molecule has 1 aromatic rings. The molecule has 3 nitrogen and oxygen atoms in total. The number of hydrogen-bond donors (Lipinski definition) is 1. The molecular weight excluding hydrogens is 234 g/mol. The highest BCUT2D eigenvalue weighted by molar-refractivity contribution is 5.21. The number of rotatable bonds is 3. The minimum atomic E-state index is 0.246. The van der Waals surface area contributed by atoms with E-state index in [2.05, 4.69) is 35.2 Å². The summed E-state index contributed by atoms with van der Waals surface area (Å²) < 4.78 is 0. The standard InChI is InChI=1S/C16H21N3/c17-9-8-16(12-4-2-1-3-5-12)19-14-6-7-15(19)11-13(18)10-14/h1-5,13-16H,6-8,10-11,18H2. The van der Waals surface area contributed by atoms with Gasteiger partial charge in [0.15, 0.2) is 0 Å². The fourth-order valence-corrected chi connectivity index (χ4v) is 3.92. The van der Waals surface area contributed by atoms with Crippen molar-refractivity contribution in [1.29, 1.82) is 5.26 Å². The first-order valence-electron chi connectivity index (χ1n) is 7.24. The molecule has 3 heteroatoms. The number of nitrogens with two attached hydrogens (primary N) is 1. The van der Waals surface area contributed by atoms with Crippen LogP contribution in [0, 0.1) is 11.3 Å². The fourth-order valence-electron chi connectivity index (χ4n) is 3.92. The van der Waals surface area contributed by atoms with Crippen molar-refractivity contribution in [3.63, 3.8) is 0 Å². The minimum absolute atomic E-state index is 0.246. The Balaban J connectivity index is 1.88. The zero-order valence-electron chi connectivity index (χ0n) is 11.2. The van der Waals surface area contributed by atoms with Crippen LogP contribution in [-0.2, 0) is 0 Å². The summed E-state index contributed by atoms with van der Waals surface area (Å²) >= 11 is 0. The van der Waals surface area contributed by atoms with Gasteiger partial charge >= 0.3 is 0 Å². The summed E-state index contributed by atoms with van der Waals surface area (Å²) in [7, 11) is 0. The van der Waals surface area contributed by atoms with E-state index < -0.39 is 0 Å². The summed E-state index contributed by atoms with van der Waals surface area (Å²) in [6, 6.07) is 14.6. The van der Waals surface area contributed by atoms with Gasteiger partial charge in [0.05, 0.1) is 12.5 Å².